The number of nitrogens with zero attached hydrogens (tertiary/aromatic N) is 1. The summed E-state index contributed by atoms with van der Waals surface area (Å²) in [5, 5.41) is 3.27. The van der Waals surface area contributed by atoms with Gasteiger partial charge < -0.3 is 5.73 Å². The van der Waals surface area contributed by atoms with E-state index in [1.54, 1.807) is 11.3 Å². The van der Waals surface area contributed by atoms with Crippen LogP contribution in [0.3, 0.4) is 0 Å². The van der Waals surface area contributed by atoms with E-state index in [1.165, 1.54) is 9.75 Å². The predicted octanol–water partition coefficient (Wildman–Crippen LogP) is 3.50. The molecule has 4 heteroatoms. The number of thiazole rings is 1. The van der Waals surface area contributed by atoms with Gasteiger partial charge in [0.2, 0.25) is 0 Å². The number of nitrogens with two attached hydrogens (primary N) is 1. The number of hydrogen-bond donors (Lipinski definition) is 1. The van der Waals surface area contributed by atoms with Crippen molar-refractivity contribution in [1.29, 1.82) is 0 Å². The van der Waals surface area contributed by atoms with Crippen molar-refractivity contribution in [1.82, 2.24) is 4.98 Å². The zero-order valence-corrected chi connectivity index (χ0v) is 11.2. The molecule has 0 aliphatic rings. The third-order valence-corrected chi connectivity index (χ3v) is 4.89. The van der Waals surface area contributed by atoms with Crippen LogP contribution >= 0.6 is 22.7 Å². The molecular formula is C12H16N2S2. The second-order valence-corrected chi connectivity index (χ2v) is 5.89. The molecule has 0 fully saturated rings. The Morgan fingerprint density at radius 3 is 2.88 bits per heavy atom. The molecule has 0 radical (unpaired) electrons. The van der Waals surface area contributed by atoms with Crippen LogP contribution in [0.25, 0.3) is 10.6 Å². The molecule has 0 bridgehead atoms. The highest BCUT2D eigenvalue weighted by molar-refractivity contribution is 7.16. The summed E-state index contributed by atoms with van der Waals surface area (Å²) in [5.74, 6) is 0.365. The van der Waals surface area contributed by atoms with E-state index < -0.39 is 0 Å². The van der Waals surface area contributed by atoms with E-state index >= 15 is 0 Å². The fourth-order valence-corrected chi connectivity index (χ4v) is 3.31. The molecule has 2 heterocycles. The van der Waals surface area contributed by atoms with Crippen molar-refractivity contribution >= 4 is 22.7 Å². The van der Waals surface area contributed by atoms with Crippen LogP contribution in [0.1, 0.15) is 29.7 Å². The third-order valence-electron chi connectivity index (χ3n) is 2.56. The fourth-order valence-electron chi connectivity index (χ4n) is 1.43. The van der Waals surface area contributed by atoms with Gasteiger partial charge in [-0.15, -0.1) is 22.7 Å². The van der Waals surface area contributed by atoms with Gasteiger partial charge in [0.15, 0.2) is 0 Å². The zero-order valence-electron chi connectivity index (χ0n) is 9.56. The van der Waals surface area contributed by atoms with Gasteiger partial charge in [-0.25, -0.2) is 4.98 Å². The monoisotopic (exact) mass is 252 g/mol. The third kappa shape index (κ3) is 2.34. The second kappa shape index (κ2) is 5.08. The van der Waals surface area contributed by atoms with Gasteiger partial charge >= 0.3 is 0 Å². The number of rotatable bonds is 4. The topological polar surface area (TPSA) is 38.9 Å². The Morgan fingerprint density at radius 1 is 1.44 bits per heavy atom. The van der Waals surface area contributed by atoms with Gasteiger partial charge in [0, 0.05) is 22.7 Å². The van der Waals surface area contributed by atoms with Crippen LogP contribution in [0.2, 0.25) is 0 Å². The summed E-state index contributed by atoms with van der Waals surface area (Å²) in [6.45, 7) is 4.96. The Bertz CT molecular complexity index is 459. The van der Waals surface area contributed by atoms with Gasteiger partial charge in [-0.1, -0.05) is 13.8 Å². The first-order valence-electron chi connectivity index (χ1n) is 5.49. The Kier molecular flexibility index (Phi) is 3.74. The maximum atomic E-state index is 5.65. The van der Waals surface area contributed by atoms with Crippen LogP contribution in [-0.4, -0.2) is 11.5 Å². The molecular weight excluding hydrogens is 236 g/mol. The molecule has 86 valence electrons. The van der Waals surface area contributed by atoms with Crippen molar-refractivity contribution in [2.24, 2.45) is 5.73 Å². The molecule has 0 aliphatic carbocycles. The Balaban J connectivity index is 2.24. The normalized spacial score (nSPS) is 12.9. The van der Waals surface area contributed by atoms with Crippen LogP contribution in [0.4, 0.5) is 0 Å². The minimum absolute atomic E-state index is 0.365. The van der Waals surface area contributed by atoms with Crippen LogP contribution in [-0.2, 0) is 6.42 Å². The predicted molar refractivity (Wildman–Crippen MR) is 72.3 cm³/mol. The first-order valence-corrected chi connectivity index (χ1v) is 7.18. The molecule has 0 saturated carbocycles. The van der Waals surface area contributed by atoms with Crippen molar-refractivity contribution in [3.8, 4) is 10.6 Å². The fraction of sp³-hybridized carbons (Fsp3) is 0.417. The number of thiophene rings is 1. The Morgan fingerprint density at radius 2 is 2.25 bits per heavy atom. The second-order valence-electron chi connectivity index (χ2n) is 3.83. The Labute approximate surface area is 104 Å². The van der Waals surface area contributed by atoms with Gasteiger partial charge in [-0.2, -0.15) is 0 Å². The van der Waals surface area contributed by atoms with Crippen LogP contribution in [0.15, 0.2) is 17.5 Å². The molecule has 0 aliphatic heterocycles. The molecule has 1 unspecified atom stereocenters. The first kappa shape index (κ1) is 11.8. The maximum absolute atomic E-state index is 5.65. The van der Waals surface area contributed by atoms with Gasteiger partial charge in [0.05, 0.1) is 15.6 Å². The number of aryl methyl sites for hydroxylation is 1. The highest BCUT2D eigenvalue weighted by atomic mass is 32.1. The quantitative estimate of drug-likeness (QED) is 0.904. The van der Waals surface area contributed by atoms with E-state index in [0.29, 0.717) is 12.5 Å². The molecule has 0 saturated heterocycles. The van der Waals surface area contributed by atoms with Gasteiger partial charge in [0.25, 0.3) is 0 Å². The van der Waals surface area contributed by atoms with Crippen molar-refractivity contribution < 1.29 is 0 Å². The standard InChI is InChI=1S/C12H16N2S2/c1-3-9-4-5-11(16-9)10-7-15-12(14-10)8(2)6-13/h4-5,7-8H,3,6,13H2,1-2H3. The largest absolute Gasteiger partial charge is 0.330 e. The minimum atomic E-state index is 0.365. The van der Waals surface area contributed by atoms with Crippen LogP contribution in [0.5, 0.6) is 0 Å². The summed E-state index contributed by atoms with van der Waals surface area (Å²) < 4.78 is 0. The maximum Gasteiger partial charge on any atom is 0.0973 e. The number of aromatic nitrogens is 1. The van der Waals surface area contributed by atoms with E-state index in [2.05, 4.69) is 36.3 Å². The molecule has 0 amide bonds. The van der Waals surface area contributed by atoms with E-state index in [0.717, 1.165) is 17.1 Å². The highest BCUT2D eigenvalue weighted by Gasteiger charge is 2.11. The lowest BCUT2D eigenvalue weighted by Gasteiger charge is -2.01. The average molecular weight is 252 g/mol. The van der Waals surface area contributed by atoms with Crippen molar-refractivity contribution in [3.05, 3.63) is 27.4 Å². The minimum Gasteiger partial charge on any atom is -0.330 e. The van der Waals surface area contributed by atoms with Crippen molar-refractivity contribution in [2.75, 3.05) is 6.54 Å². The van der Waals surface area contributed by atoms with E-state index in [4.69, 9.17) is 5.73 Å². The molecule has 2 aromatic heterocycles. The van der Waals surface area contributed by atoms with Gasteiger partial charge in [-0.3, -0.25) is 0 Å². The summed E-state index contributed by atoms with van der Waals surface area (Å²) >= 11 is 3.54. The molecule has 2 nitrogen and oxygen atoms in total. The summed E-state index contributed by atoms with van der Waals surface area (Å²) in [7, 11) is 0. The molecule has 2 aromatic rings. The smallest absolute Gasteiger partial charge is 0.0973 e. The van der Waals surface area contributed by atoms with E-state index in [9.17, 15) is 0 Å². The Hall–Kier alpha value is -0.710. The molecule has 2 rings (SSSR count). The van der Waals surface area contributed by atoms with Gasteiger partial charge in [-0.05, 0) is 18.6 Å². The van der Waals surface area contributed by atoms with Crippen LogP contribution < -0.4 is 5.73 Å². The summed E-state index contributed by atoms with van der Waals surface area (Å²) in [4.78, 5) is 7.33. The van der Waals surface area contributed by atoms with Crippen molar-refractivity contribution in [2.45, 2.75) is 26.2 Å². The molecule has 1 atom stereocenters. The highest BCUT2D eigenvalue weighted by Crippen LogP contribution is 2.31. The summed E-state index contributed by atoms with van der Waals surface area (Å²) in [6, 6.07) is 4.35. The summed E-state index contributed by atoms with van der Waals surface area (Å²) in [6.07, 6.45) is 1.10. The SMILES string of the molecule is CCc1ccc(-c2csc(C(C)CN)n2)s1. The lowest BCUT2D eigenvalue weighted by molar-refractivity contribution is 0.767. The molecule has 16 heavy (non-hydrogen) atoms. The molecule has 0 spiro atoms. The van der Waals surface area contributed by atoms with Crippen molar-refractivity contribution in [3.63, 3.8) is 0 Å². The van der Waals surface area contributed by atoms with E-state index in [-0.39, 0.29) is 0 Å². The number of hydrogen-bond acceptors (Lipinski definition) is 4. The van der Waals surface area contributed by atoms with Gasteiger partial charge in [0.1, 0.15) is 0 Å². The molecule has 0 aromatic carbocycles. The lowest BCUT2D eigenvalue weighted by atomic mass is 10.2. The average Bonchev–Trinajstić information content (AvgIpc) is 2.95. The van der Waals surface area contributed by atoms with E-state index in [1.807, 2.05) is 11.3 Å². The van der Waals surface area contributed by atoms with Crippen LogP contribution in [0, 0.1) is 0 Å². The molecule has 2 N–H and O–H groups in total. The zero-order chi connectivity index (χ0) is 11.5. The summed E-state index contributed by atoms with van der Waals surface area (Å²) in [5.41, 5.74) is 6.75. The lowest BCUT2D eigenvalue weighted by Crippen LogP contribution is -2.08. The first-order chi connectivity index (χ1) is 7.74.